The van der Waals surface area contributed by atoms with Gasteiger partial charge in [-0.2, -0.15) is 0 Å². The topological polar surface area (TPSA) is 85.2 Å². The first-order valence-electron chi connectivity index (χ1n) is 9.77. The van der Waals surface area contributed by atoms with E-state index in [1.54, 1.807) is 61.5 Å². The molecule has 0 fully saturated rings. The zero-order chi connectivity index (χ0) is 24.0. The van der Waals surface area contributed by atoms with Gasteiger partial charge in [-0.05, 0) is 74.7 Å². The van der Waals surface area contributed by atoms with E-state index in [1.807, 2.05) is 0 Å². The van der Waals surface area contributed by atoms with Crippen LogP contribution in [0.4, 0.5) is 0 Å². The number of carbonyl (C=O) groups excluding carboxylic acids is 2. The highest BCUT2D eigenvalue weighted by atomic mass is 79.9. The summed E-state index contributed by atoms with van der Waals surface area (Å²) in [5.74, 6) is -0.958. The van der Waals surface area contributed by atoms with Gasteiger partial charge >= 0.3 is 5.97 Å². The van der Waals surface area contributed by atoms with Crippen molar-refractivity contribution < 1.29 is 24.2 Å². The van der Waals surface area contributed by atoms with Crippen molar-refractivity contribution in [1.29, 1.82) is 0 Å². The number of benzene rings is 2. The number of carbonyl (C=O) groups is 2. The Labute approximate surface area is 212 Å². The van der Waals surface area contributed by atoms with Crippen LogP contribution in [0.5, 0.6) is 5.75 Å². The van der Waals surface area contributed by atoms with Crippen LogP contribution in [0.15, 0.2) is 85.3 Å². The third-order valence-electron chi connectivity index (χ3n) is 4.26. The van der Waals surface area contributed by atoms with Gasteiger partial charge in [-0.15, -0.1) is 0 Å². The van der Waals surface area contributed by atoms with Crippen LogP contribution in [0.3, 0.4) is 0 Å². The summed E-state index contributed by atoms with van der Waals surface area (Å²) in [6.07, 6.45) is 3.32. The van der Waals surface area contributed by atoms with Gasteiger partial charge in [-0.25, -0.2) is 9.79 Å². The van der Waals surface area contributed by atoms with E-state index < -0.39 is 11.9 Å². The second-order valence-electron chi connectivity index (χ2n) is 6.56. The summed E-state index contributed by atoms with van der Waals surface area (Å²) in [7, 11) is 0. The van der Waals surface area contributed by atoms with Crippen molar-refractivity contribution in [2.75, 3.05) is 13.2 Å². The molecule has 0 saturated heterocycles. The Kier molecular flexibility index (Phi) is 8.71. The molecule has 1 aliphatic heterocycles. The van der Waals surface area contributed by atoms with Crippen molar-refractivity contribution >= 4 is 66.6 Å². The predicted octanol–water partition coefficient (Wildman–Crippen LogP) is 6.48. The highest BCUT2D eigenvalue weighted by Crippen LogP contribution is 2.41. The minimum Gasteiger partial charge on any atom is -0.506 e. The average molecular weight is 593 g/mol. The first-order chi connectivity index (χ1) is 15.8. The zero-order valence-corrected chi connectivity index (χ0v) is 21.5. The summed E-state index contributed by atoms with van der Waals surface area (Å²) in [6.45, 7) is 5.75. The number of hydrogen-bond acceptors (Lipinski definition) is 6. The quantitative estimate of drug-likeness (QED) is 0.293. The van der Waals surface area contributed by atoms with Crippen LogP contribution in [-0.2, 0) is 9.53 Å². The summed E-state index contributed by atoms with van der Waals surface area (Å²) in [6, 6.07) is 12.1. The van der Waals surface area contributed by atoms with Gasteiger partial charge in [-0.1, -0.05) is 42.6 Å². The summed E-state index contributed by atoms with van der Waals surface area (Å²) in [5.41, 5.74) is 0.947. The molecule has 0 aromatic heterocycles. The molecule has 9 heteroatoms. The number of aliphatic imine (C=N–C) groups is 1. The fourth-order valence-electron chi connectivity index (χ4n) is 2.82. The van der Waals surface area contributed by atoms with Gasteiger partial charge in [0.2, 0.25) is 0 Å². The highest BCUT2D eigenvalue weighted by Gasteiger charge is 2.34. The van der Waals surface area contributed by atoms with Gasteiger partial charge in [0.25, 0.3) is 5.91 Å². The molecule has 0 spiro atoms. The Balaban J connectivity index is 2.00. The second kappa shape index (κ2) is 11.5. The second-order valence-corrected chi connectivity index (χ2v) is 9.30. The van der Waals surface area contributed by atoms with E-state index in [9.17, 15) is 14.7 Å². The molecule has 3 rings (SSSR count). The normalized spacial score (nSPS) is 15.7. The molecule has 0 unspecified atom stereocenters. The lowest BCUT2D eigenvalue weighted by molar-refractivity contribution is -0.138. The third-order valence-corrected chi connectivity index (χ3v) is 6.46. The predicted molar refractivity (Wildman–Crippen MR) is 138 cm³/mol. The van der Waals surface area contributed by atoms with Gasteiger partial charge < -0.3 is 14.6 Å². The maximum Gasteiger partial charge on any atom is 0.344 e. The zero-order valence-electron chi connectivity index (χ0n) is 17.5. The van der Waals surface area contributed by atoms with Gasteiger partial charge in [0.1, 0.15) is 28.7 Å². The molecule has 1 amide bonds. The van der Waals surface area contributed by atoms with Crippen molar-refractivity contribution in [1.82, 2.24) is 0 Å². The number of ether oxygens (including phenoxy) is 2. The van der Waals surface area contributed by atoms with Crippen LogP contribution in [0.2, 0.25) is 0 Å². The fraction of sp³-hybridized carbons (Fsp3) is 0.125. The monoisotopic (exact) mass is 591 g/mol. The van der Waals surface area contributed by atoms with Crippen LogP contribution in [-0.4, -0.2) is 35.2 Å². The largest absolute Gasteiger partial charge is 0.506 e. The molecule has 1 N–H and O–H groups in total. The van der Waals surface area contributed by atoms with E-state index in [0.29, 0.717) is 37.3 Å². The van der Waals surface area contributed by atoms with Gasteiger partial charge in [-0.3, -0.25) is 4.79 Å². The molecular formula is C24H19Br2NO5S. The van der Waals surface area contributed by atoms with Crippen LogP contribution >= 0.6 is 43.6 Å². The maximum atomic E-state index is 12.6. The summed E-state index contributed by atoms with van der Waals surface area (Å²) in [5, 5.41) is 10.9. The number of esters is 1. The van der Waals surface area contributed by atoms with E-state index in [1.165, 1.54) is 0 Å². The molecule has 1 aliphatic rings. The lowest BCUT2D eigenvalue weighted by atomic mass is 10.1. The molecule has 170 valence electrons. The molecule has 0 radical (unpaired) electrons. The van der Waals surface area contributed by atoms with Crippen molar-refractivity contribution in [2.24, 2.45) is 4.99 Å². The Morgan fingerprint density at radius 3 is 2.45 bits per heavy atom. The average Bonchev–Trinajstić information content (AvgIpc) is 3.08. The van der Waals surface area contributed by atoms with Crippen molar-refractivity contribution in [3.05, 3.63) is 91.4 Å². The van der Waals surface area contributed by atoms with Crippen molar-refractivity contribution in [2.45, 2.75) is 6.92 Å². The Hall–Kier alpha value is -2.62. The van der Waals surface area contributed by atoms with Crippen molar-refractivity contribution in [3.63, 3.8) is 0 Å². The summed E-state index contributed by atoms with van der Waals surface area (Å²) < 4.78 is 12.1. The van der Waals surface area contributed by atoms with E-state index in [4.69, 9.17) is 9.47 Å². The number of aliphatic hydroxyl groups is 1. The maximum absolute atomic E-state index is 12.6. The standard InChI is InChI=1S/C24H19Br2NO5S/c1-3-10-32-21-16(25)11-14(12-17(21)26)13-18-20(28)19(24(30)31-4-2)23(33-18)27-22(29)15-8-6-5-7-9-15/h3,5-9,11-13,28H,1,4,10H2,2H3/b18-13-,27-23?. The Bertz CT molecular complexity index is 1170. The number of aliphatic hydroxyl groups excluding tert-OH is 1. The highest BCUT2D eigenvalue weighted by molar-refractivity contribution is 9.11. The molecule has 1 heterocycles. The molecule has 6 nitrogen and oxygen atoms in total. The van der Waals surface area contributed by atoms with Crippen molar-refractivity contribution in [3.8, 4) is 5.75 Å². The first kappa shape index (κ1) is 25.0. The summed E-state index contributed by atoms with van der Waals surface area (Å²) in [4.78, 5) is 29.6. The van der Waals surface area contributed by atoms with Gasteiger partial charge in [0.15, 0.2) is 0 Å². The number of halogens is 2. The lowest BCUT2D eigenvalue weighted by Crippen LogP contribution is -2.14. The molecular weight excluding hydrogens is 574 g/mol. The van der Waals surface area contributed by atoms with E-state index in [0.717, 1.165) is 11.8 Å². The molecule has 0 bridgehead atoms. The lowest BCUT2D eigenvalue weighted by Gasteiger charge is -2.10. The smallest absolute Gasteiger partial charge is 0.344 e. The molecule has 0 saturated carbocycles. The fourth-order valence-corrected chi connectivity index (χ4v) is 5.29. The van der Waals surface area contributed by atoms with Crippen LogP contribution in [0, 0.1) is 0 Å². The van der Waals surface area contributed by atoms with Crippen LogP contribution in [0.25, 0.3) is 6.08 Å². The molecule has 2 aromatic rings. The number of nitrogens with zero attached hydrogens (tertiary/aromatic N) is 1. The van der Waals surface area contributed by atoms with Gasteiger partial charge in [0.05, 0.1) is 20.5 Å². The number of hydrogen-bond donors (Lipinski definition) is 1. The third kappa shape index (κ3) is 6.04. The number of rotatable bonds is 7. The molecule has 2 aromatic carbocycles. The Morgan fingerprint density at radius 2 is 1.85 bits per heavy atom. The van der Waals surface area contributed by atoms with E-state index >= 15 is 0 Å². The SMILES string of the molecule is C=CCOc1c(Br)cc(/C=C2\SC(=NC(=O)c3ccccc3)C(C(=O)OCC)=C2O)cc1Br. The Morgan fingerprint density at radius 1 is 1.18 bits per heavy atom. The van der Waals surface area contributed by atoms with Crippen LogP contribution < -0.4 is 4.74 Å². The van der Waals surface area contributed by atoms with E-state index in [-0.39, 0.29) is 23.0 Å². The number of amides is 1. The minimum absolute atomic E-state index is 0.0788. The van der Waals surface area contributed by atoms with E-state index in [2.05, 4.69) is 43.4 Å². The summed E-state index contributed by atoms with van der Waals surface area (Å²) >= 11 is 7.97. The minimum atomic E-state index is -0.749. The molecule has 33 heavy (non-hydrogen) atoms. The first-order valence-corrected chi connectivity index (χ1v) is 12.2. The molecule has 0 aliphatic carbocycles. The van der Waals surface area contributed by atoms with Crippen LogP contribution in [0.1, 0.15) is 22.8 Å². The van der Waals surface area contributed by atoms with Gasteiger partial charge in [0, 0.05) is 5.56 Å². The molecule has 0 atom stereocenters. The number of thioether (sulfide) groups is 1.